The smallest absolute Gasteiger partial charge is 0.277 e. The van der Waals surface area contributed by atoms with E-state index in [1.54, 1.807) is 6.08 Å². The van der Waals surface area contributed by atoms with Gasteiger partial charge in [-0.2, -0.15) is 0 Å². The van der Waals surface area contributed by atoms with Crippen molar-refractivity contribution >= 4 is 5.69 Å². The largest absolute Gasteiger partial charge is 0.323 e. The number of nitrogens with two attached hydrogens (primary N) is 1. The number of hydrogen-bond donors (Lipinski definition) is 1. The zero-order valence-electron chi connectivity index (χ0n) is 8.02. The van der Waals surface area contributed by atoms with E-state index >= 15 is 0 Å². The Labute approximate surface area is 86.4 Å². The molecule has 0 saturated carbocycles. The third-order valence-electron chi connectivity index (χ3n) is 2.01. The van der Waals surface area contributed by atoms with Gasteiger partial charge in [-0.05, 0) is 18.6 Å². The molecule has 1 aromatic carbocycles. The van der Waals surface area contributed by atoms with Gasteiger partial charge in [-0.3, -0.25) is 10.1 Å². The molecule has 0 amide bonds. The SMILES string of the molecule is C=CC[C@@H](N)c1ccc(F)cc1[N+](=O)[O-]. The molecule has 0 saturated heterocycles. The highest BCUT2D eigenvalue weighted by Crippen LogP contribution is 2.26. The molecule has 80 valence electrons. The second kappa shape index (κ2) is 4.65. The number of hydrogen-bond acceptors (Lipinski definition) is 3. The van der Waals surface area contributed by atoms with Gasteiger partial charge in [-0.25, -0.2) is 4.39 Å². The minimum atomic E-state index is -0.642. The fraction of sp³-hybridized carbons (Fsp3) is 0.200. The Bertz CT molecular complexity index is 393. The maximum Gasteiger partial charge on any atom is 0.277 e. The van der Waals surface area contributed by atoms with Crippen molar-refractivity contribution in [3.05, 3.63) is 52.3 Å². The van der Waals surface area contributed by atoms with Crippen LogP contribution in [0.3, 0.4) is 0 Å². The van der Waals surface area contributed by atoms with Crippen LogP contribution < -0.4 is 5.73 Å². The Morgan fingerprint density at radius 3 is 2.87 bits per heavy atom. The Hall–Kier alpha value is -1.75. The molecule has 0 spiro atoms. The summed E-state index contributed by atoms with van der Waals surface area (Å²) in [5, 5.41) is 10.6. The molecule has 0 heterocycles. The van der Waals surface area contributed by atoms with Gasteiger partial charge in [0.25, 0.3) is 5.69 Å². The molecule has 2 N–H and O–H groups in total. The van der Waals surface area contributed by atoms with E-state index < -0.39 is 16.8 Å². The Balaban J connectivity index is 3.16. The minimum absolute atomic E-state index is 0.288. The second-order valence-electron chi connectivity index (χ2n) is 3.09. The molecule has 15 heavy (non-hydrogen) atoms. The average Bonchev–Trinajstić information content (AvgIpc) is 2.17. The van der Waals surface area contributed by atoms with E-state index in [9.17, 15) is 14.5 Å². The summed E-state index contributed by atoms with van der Waals surface area (Å²) in [5.74, 6) is -0.642. The molecule has 4 nitrogen and oxygen atoms in total. The molecule has 0 radical (unpaired) electrons. The summed E-state index contributed by atoms with van der Waals surface area (Å²) in [4.78, 5) is 10.0. The van der Waals surface area contributed by atoms with Gasteiger partial charge < -0.3 is 5.73 Å². The fourth-order valence-corrected chi connectivity index (χ4v) is 1.30. The van der Waals surface area contributed by atoms with Gasteiger partial charge in [0.2, 0.25) is 0 Å². The maximum atomic E-state index is 12.8. The summed E-state index contributed by atoms with van der Waals surface area (Å²) in [6, 6.07) is 2.84. The van der Waals surface area contributed by atoms with Crippen molar-refractivity contribution in [3.63, 3.8) is 0 Å². The van der Waals surface area contributed by atoms with Crippen LogP contribution in [-0.4, -0.2) is 4.92 Å². The number of nitro benzene ring substituents is 1. The molecule has 0 aliphatic carbocycles. The van der Waals surface area contributed by atoms with E-state index in [2.05, 4.69) is 6.58 Å². The highest BCUT2D eigenvalue weighted by atomic mass is 19.1. The first-order valence-corrected chi connectivity index (χ1v) is 4.36. The van der Waals surface area contributed by atoms with Gasteiger partial charge in [-0.15, -0.1) is 6.58 Å². The van der Waals surface area contributed by atoms with Crippen LogP contribution in [0.25, 0.3) is 0 Å². The fourth-order valence-electron chi connectivity index (χ4n) is 1.30. The molecule has 0 unspecified atom stereocenters. The van der Waals surface area contributed by atoms with Crippen molar-refractivity contribution in [2.45, 2.75) is 12.5 Å². The number of nitro groups is 1. The normalized spacial score (nSPS) is 12.1. The van der Waals surface area contributed by atoms with Crippen molar-refractivity contribution in [2.75, 3.05) is 0 Å². The third-order valence-corrected chi connectivity index (χ3v) is 2.01. The molecule has 0 fully saturated rings. The van der Waals surface area contributed by atoms with Gasteiger partial charge >= 0.3 is 0 Å². The molecule has 5 heteroatoms. The van der Waals surface area contributed by atoms with Crippen molar-refractivity contribution in [1.82, 2.24) is 0 Å². The molecular weight excluding hydrogens is 199 g/mol. The van der Waals surface area contributed by atoms with Crippen LogP contribution in [0.4, 0.5) is 10.1 Å². The molecule has 0 aliphatic rings. The number of benzene rings is 1. The zero-order valence-corrected chi connectivity index (χ0v) is 8.02. The topological polar surface area (TPSA) is 69.2 Å². The predicted octanol–water partition coefficient (Wildman–Crippen LogP) is 2.31. The lowest BCUT2D eigenvalue weighted by molar-refractivity contribution is -0.385. The van der Waals surface area contributed by atoms with E-state index in [0.29, 0.717) is 12.0 Å². The number of halogens is 1. The van der Waals surface area contributed by atoms with Crippen molar-refractivity contribution in [1.29, 1.82) is 0 Å². The summed E-state index contributed by atoms with van der Waals surface area (Å²) < 4.78 is 12.8. The molecule has 1 aromatic rings. The first-order chi connectivity index (χ1) is 7.06. The van der Waals surface area contributed by atoms with E-state index in [4.69, 9.17) is 5.73 Å². The first-order valence-electron chi connectivity index (χ1n) is 4.36. The van der Waals surface area contributed by atoms with Crippen LogP contribution in [0.2, 0.25) is 0 Å². The Morgan fingerprint density at radius 1 is 1.67 bits per heavy atom. The number of nitrogens with zero attached hydrogens (tertiary/aromatic N) is 1. The van der Waals surface area contributed by atoms with Crippen LogP contribution in [0.15, 0.2) is 30.9 Å². The lowest BCUT2D eigenvalue weighted by Gasteiger charge is -2.09. The standard InChI is InChI=1S/C10H11FN2O2/c1-2-3-9(12)8-5-4-7(11)6-10(8)13(14)15/h2,4-6,9H,1,3,12H2/t9-/m1/s1. The molecule has 0 aliphatic heterocycles. The third kappa shape index (κ3) is 2.60. The summed E-state index contributed by atoms with van der Waals surface area (Å²) in [5.41, 5.74) is 5.73. The Kier molecular flexibility index (Phi) is 3.51. The average molecular weight is 210 g/mol. The van der Waals surface area contributed by atoms with E-state index in [0.717, 1.165) is 12.1 Å². The molecule has 1 rings (SSSR count). The Morgan fingerprint density at radius 2 is 2.33 bits per heavy atom. The second-order valence-corrected chi connectivity index (χ2v) is 3.09. The van der Waals surface area contributed by atoms with Gasteiger partial charge in [0.05, 0.1) is 11.0 Å². The molecule has 0 aromatic heterocycles. The van der Waals surface area contributed by atoms with Crippen LogP contribution in [0, 0.1) is 15.9 Å². The number of rotatable bonds is 4. The first kappa shape index (κ1) is 11.3. The van der Waals surface area contributed by atoms with Gasteiger partial charge in [0.1, 0.15) is 5.82 Å². The minimum Gasteiger partial charge on any atom is -0.323 e. The summed E-state index contributed by atoms with van der Waals surface area (Å²) in [6.45, 7) is 3.49. The highest BCUT2D eigenvalue weighted by Gasteiger charge is 2.19. The predicted molar refractivity (Wildman–Crippen MR) is 54.8 cm³/mol. The van der Waals surface area contributed by atoms with Crippen LogP contribution in [0.5, 0.6) is 0 Å². The summed E-state index contributed by atoms with van der Waals surface area (Å²) in [7, 11) is 0. The monoisotopic (exact) mass is 210 g/mol. The van der Waals surface area contributed by atoms with Gasteiger partial charge in [0.15, 0.2) is 0 Å². The molecule has 1 atom stereocenters. The van der Waals surface area contributed by atoms with E-state index in [1.807, 2.05) is 0 Å². The van der Waals surface area contributed by atoms with E-state index in [1.165, 1.54) is 6.07 Å². The molecule has 0 bridgehead atoms. The van der Waals surface area contributed by atoms with Gasteiger partial charge in [0, 0.05) is 11.6 Å². The van der Waals surface area contributed by atoms with E-state index in [-0.39, 0.29) is 5.69 Å². The summed E-state index contributed by atoms with van der Waals surface area (Å²) >= 11 is 0. The highest BCUT2D eigenvalue weighted by molar-refractivity contribution is 5.42. The molecular formula is C10H11FN2O2. The maximum absolute atomic E-state index is 12.8. The summed E-state index contributed by atoms with van der Waals surface area (Å²) in [6.07, 6.45) is 1.98. The van der Waals surface area contributed by atoms with Gasteiger partial charge in [-0.1, -0.05) is 6.08 Å². The van der Waals surface area contributed by atoms with Crippen molar-refractivity contribution in [2.24, 2.45) is 5.73 Å². The zero-order chi connectivity index (χ0) is 11.4. The van der Waals surface area contributed by atoms with Crippen molar-refractivity contribution < 1.29 is 9.31 Å². The lowest BCUT2D eigenvalue weighted by Crippen LogP contribution is -2.11. The van der Waals surface area contributed by atoms with Crippen LogP contribution >= 0.6 is 0 Å². The van der Waals surface area contributed by atoms with Crippen LogP contribution in [0.1, 0.15) is 18.0 Å². The van der Waals surface area contributed by atoms with Crippen molar-refractivity contribution in [3.8, 4) is 0 Å². The van der Waals surface area contributed by atoms with Crippen LogP contribution in [-0.2, 0) is 0 Å². The quantitative estimate of drug-likeness (QED) is 0.471. The lowest BCUT2D eigenvalue weighted by atomic mass is 10.0.